The summed E-state index contributed by atoms with van der Waals surface area (Å²) in [7, 11) is 1.60. The summed E-state index contributed by atoms with van der Waals surface area (Å²) in [5.41, 5.74) is 1.65. The number of rotatable bonds is 4. The van der Waals surface area contributed by atoms with E-state index in [0.717, 1.165) is 16.5 Å². The summed E-state index contributed by atoms with van der Waals surface area (Å²) in [4.78, 5) is 24.6. The molecule has 0 saturated heterocycles. The average Bonchev–Trinajstić information content (AvgIpc) is 2.59. The summed E-state index contributed by atoms with van der Waals surface area (Å²) in [5.74, 6) is 1.10. The van der Waals surface area contributed by atoms with Crippen LogP contribution in [0.5, 0.6) is 0 Å². The van der Waals surface area contributed by atoms with Gasteiger partial charge in [0.15, 0.2) is 5.82 Å². The molecule has 3 rings (SSSR count). The molecule has 0 saturated carbocycles. The minimum absolute atomic E-state index is 0.106. The standard InChI is InChI=1S/C16H15N5O/c1-17-14(22)10-19-16-12-6-2-3-7-13(12)20-15(21-16)11-5-4-8-18-9-11/h2-9H,10H2,1H3,(H,17,22)(H,19,20,21). The van der Waals surface area contributed by atoms with Crippen molar-refractivity contribution in [2.24, 2.45) is 0 Å². The molecule has 6 nitrogen and oxygen atoms in total. The van der Waals surface area contributed by atoms with Crippen molar-refractivity contribution in [3.63, 3.8) is 0 Å². The monoisotopic (exact) mass is 293 g/mol. The molecule has 0 atom stereocenters. The number of fused-ring (bicyclic) bond motifs is 1. The maximum Gasteiger partial charge on any atom is 0.239 e. The fourth-order valence-electron chi connectivity index (χ4n) is 2.09. The molecule has 0 aliphatic carbocycles. The largest absolute Gasteiger partial charge is 0.360 e. The van der Waals surface area contributed by atoms with E-state index in [0.29, 0.717) is 11.6 Å². The maximum atomic E-state index is 11.4. The van der Waals surface area contributed by atoms with Crippen LogP contribution in [0.3, 0.4) is 0 Å². The molecular weight excluding hydrogens is 278 g/mol. The van der Waals surface area contributed by atoms with Gasteiger partial charge in [-0.15, -0.1) is 0 Å². The van der Waals surface area contributed by atoms with Gasteiger partial charge in [0.05, 0.1) is 12.1 Å². The molecule has 0 bridgehead atoms. The second-order valence-corrected chi connectivity index (χ2v) is 4.68. The van der Waals surface area contributed by atoms with E-state index in [2.05, 4.69) is 25.6 Å². The Labute approximate surface area is 127 Å². The smallest absolute Gasteiger partial charge is 0.239 e. The number of benzene rings is 1. The fourth-order valence-corrected chi connectivity index (χ4v) is 2.09. The molecule has 2 heterocycles. The highest BCUT2D eigenvalue weighted by Crippen LogP contribution is 2.24. The minimum Gasteiger partial charge on any atom is -0.360 e. The van der Waals surface area contributed by atoms with E-state index < -0.39 is 0 Å². The van der Waals surface area contributed by atoms with Crippen LogP contribution in [0.1, 0.15) is 0 Å². The van der Waals surface area contributed by atoms with E-state index in [1.54, 1.807) is 19.4 Å². The van der Waals surface area contributed by atoms with E-state index in [9.17, 15) is 4.79 Å². The lowest BCUT2D eigenvalue weighted by Gasteiger charge is -2.10. The quantitative estimate of drug-likeness (QED) is 0.767. The predicted octanol–water partition coefficient (Wildman–Crippen LogP) is 1.85. The lowest BCUT2D eigenvalue weighted by molar-refractivity contribution is -0.118. The normalized spacial score (nSPS) is 10.4. The van der Waals surface area contributed by atoms with Crippen LogP contribution in [0.15, 0.2) is 48.8 Å². The zero-order valence-corrected chi connectivity index (χ0v) is 12.1. The molecule has 0 aliphatic heterocycles. The third kappa shape index (κ3) is 2.85. The topological polar surface area (TPSA) is 79.8 Å². The Balaban J connectivity index is 2.06. The molecule has 110 valence electrons. The van der Waals surface area contributed by atoms with E-state index in [4.69, 9.17) is 0 Å². The number of aromatic nitrogens is 3. The fraction of sp³-hybridized carbons (Fsp3) is 0.125. The SMILES string of the molecule is CNC(=O)CNc1nc(-c2cccnc2)nc2ccccc12. The van der Waals surface area contributed by atoms with Crippen molar-refractivity contribution in [1.82, 2.24) is 20.3 Å². The number of carbonyl (C=O) groups excluding carboxylic acids is 1. The molecule has 0 aliphatic rings. The highest BCUT2D eigenvalue weighted by atomic mass is 16.1. The number of para-hydroxylation sites is 1. The van der Waals surface area contributed by atoms with E-state index >= 15 is 0 Å². The van der Waals surface area contributed by atoms with Crippen LogP contribution in [0, 0.1) is 0 Å². The molecule has 0 fully saturated rings. The molecule has 0 radical (unpaired) electrons. The van der Waals surface area contributed by atoms with Gasteiger partial charge in [-0.2, -0.15) is 0 Å². The molecule has 3 aromatic rings. The third-order valence-corrected chi connectivity index (χ3v) is 3.22. The summed E-state index contributed by atoms with van der Waals surface area (Å²) in [6, 6.07) is 11.4. The summed E-state index contributed by atoms with van der Waals surface area (Å²) >= 11 is 0. The average molecular weight is 293 g/mol. The third-order valence-electron chi connectivity index (χ3n) is 3.22. The van der Waals surface area contributed by atoms with Crippen LogP contribution in [0.4, 0.5) is 5.82 Å². The molecule has 1 aromatic carbocycles. The zero-order valence-electron chi connectivity index (χ0n) is 12.1. The first-order valence-electron chi connectivity index (χ1n) is 6.89. The first-order valence-corrected chi connectivity index (χ1v) is 6.89. The number of nitrogens with one attached hydrogen (secondary N) is 2. The van der Waals surface area contributed by atoms with Crippen molar-refractivity contribution >= 4 is 22.6 Å². The van der Waals surface area contributed by atoms with E-state index in [-0.39, 0.29) is 12.5 Å². The van der Waals surface area contributed by atoms with Crippen LogP contribution in [-0.4, -0.2) is 34.5 Å². The zero-order chi connectivity index (χ0) is 15.4. The number of nitrogens with zero attached hydrogens (tertiary/aromatic N) is 3. The molecule has 2 aromatic heterocycles. The number of anilines is 1. The van der Waals surface area contributed by atoms with Gasteiger partial charge in [0, 0.05) is 30.4 Å². The second kappa shape index (κ2) is 6.17. The van der Waals surface area contributed by atoms with Gasteiger partial charge < -0.3 is 10.6 Å². The van der Waals surface area contributed by atoms with Crippen molar-refractivity contribution in [2.75, 3.05) is 18.9 Å². The summed E-state index contributed by atoms with van der Waals surface area (Å²) in [5, 5.41) is 6.51. The van der Waals surface area contributed by atoms with Gasteiger partial charge >= 0.3 is 0 Å². The molecule has 0 unspecified atom stereocenters. The van der Waals surface area contributed by atoms with Crippen molar-refractivity contribution < 1.29 is 4.79 Å². The van der Waals surface area contributed by atoms with Gasteiger partial charge in [-0.3, -0.25) is 9.78 Å². The Morgan fingerprint density at radius 2 is 2.00 bits per heavy atom. The molecular formula is C16H15N5O. The van der Waals surface area contributed by atoms with Gasteiger partial charge in [0.25, 0.3) is 0 Å². The number of likely N-dealkylation sites (N-methyl/N-ethyl adjacent to an activating group) is 1. The Morgan fingerprint density at radius 3 is 2.77 bits per heavy atom. The maximum absolute atomic E-state index is 11.4. The van der Waals surface area contributed by atoms with Crippen molar-refractivity contribution in [2.45, 2.75) is 0 Å². The lowest BCUT2D eigenvalue weighted by atomic mass is 10.2. The van der Waals surface area contributed by atoms with Crippen molar-refractivity contribution in [1.29, 1.82) is 0 Å². The van der Waals surface area contributed by atoms with E-state index in [1.165, 1.54) is 0 Å². The van der Waals surface area contributed by atoms with Gasteiger partial charge in [-0.25, -0.2) is 9.97 Å². The second-order valence-electron chi connectivity index (χ2n) is 4.68. The van der Waals surface area contributed by atoms with Crippen LogP contribution < -0.4 is 10.6 Å². The van der Waals surface area contributed by atoms with Crippen LogP contribution in [0.2, 0.25) is 0 Å². The minimum atomic E-state index is -0.106. The summed E-state index contributed by atoms with van der Waals surface area (Å²) in [6.07, 6.45) is 3.42. The summed E-state index contributed by atoms with van der Waals surface area (Å²) in [6.45, 7) is 0.157. The lowest BCUT2D eigenvalue weighted by Crippen LogP contribution is -2.26. The highest BCUT2D eigenvalue weighted by molar-refractivity contribution is 5.92. The molecule has 22 heavy (non-hydrogen) atoms. The first-order chi connectivity index (χ1) is 10.8. The Morgan fingerprint density at radius 1 is 1.14 bits per heavy atom. The predicted molar refractivity (Wildman–Crippen MR) is 85.3 cm³/mol. The summed E-state index contributed by atoms with van der Waals surface area (Å²) < 4.78 is 0. The van der Waals surface area contributed by atoms with Crippen LogP contribution >= 0.6 is 0 Å². The number of hydrogen-bond acceptors (Lipinski definition) is 5. The van der Waals surface area contributed by atoms with Gasteiger partial charge in [0.1, 0.15) is 5.82 Å². The van der Waals surface area contributed by atoms with Gasteiger partial charge in [-0.1, -0.05) is 12.1 Å². The highest BCUT2D eigenvalue weighted by Gasteiger charge is 2.10. The molecule has 0 spiro atoms. The Kier molecular flexibility index (Phi) is 3.91. The molecule has 2 N–H and O–H groups in total. The van der Waals surface area contributed by atoms with Crippen LogP contribution in [-0.2, 0) is 4.79 Å². The van der Waals surface area contributed by atoms with Crippen molar-refractivity contribution in [3.8, 4) is 11.4 Å². The number of pyridine rings is 1. The number of carbonyl (C=O) groups is 1. The van der Waals surface area contributed by atoms with Crippen LogP contribution in [0.25, 0.3) is 22.3 Å². The van der Waals surface area contributed by atoms with Gasteiger partial charge in [-0.05, 0) is 24.3 Å². The number of amides is 1. The van der Waals surface area contributed by atoms with Gasteiger partial charge in [0.2, 0.25) is 5.91 Å². The molecule has 1 amide bonds. The molecule has 6 heteroatoms. The Hall–Kier alpha value is -3.02. The van der Waals surface area contributed by atoms with E-state index in [1.807, 2.05) is 36.4 Å². The van der Waals surface area contributed by atoms with Crippen molar-refractivity contribution in [3.05, 3.63) is 48.8 Å². The Bertz CT molecular complexity index is 804. The first kappa shape index (κ1) is 13.9. The number of hydrogen-bond donors (Lipinski definition) is 2.